The van der Waals surface area contributed by atoms with Crippen molar-refractivity contribution in [3.05, 3.63) is 57.8 Å². The van der Waals surface area contributed by atoms with E-state index in [-0.39, 0.29) is 11.2 Å². The summed E-state index contributed by atoms with van der Waals surface area (Å²) in [5, 5.41) is 0. The van der Waals surface area contributed by atoms with Gasteiger partial charge in [0.2, 0.25) is 0 Å². The maximum absolute atomic E-state index is 12.4. The largest absolute Gasteiger partial charge is 0.364 e. The molecule has 1 aliphatic heterocycles. The smallest absolute Gasteiger partial charge is 0.257 e. The van der Waals surface area contributed by atoms with Crippen LogP contribution in [0.25, 0.3) is 0 Å². The zero-order valence-corrected chi connectivity index (χ0v) is 12.4. The molecule has 1 spiro atoms. The molecule has 0 bridgehead atoms. The van der Waals surface area contributed by atoms with Crippen LogP contribution in [0, 0.1) is 0 Å². The van der Waals surface area contributed by atoms with Gasteiger partial charge < -0.3 is 9.72 Å². The summed E-state index contributed by atoms with van der Waals surface area (Å²) in [6.07, 6.45) is 3.02. The van der Waals surface area contributed by atoms with Crippen LogP contribution in [0.4, 0.5) is 0 Å². The van der Waals surface area contributed by atoms with Crippen LogP contribution < -0.4 is 5.56 Å². The lowest BCUT2D eigenvalue weighted by molar-refractivity contribution is -0.0952. The Balaban J connectivity index is 1.58. The number of aromatic nitrogens is 2. The molecule has 1 aliphatic carbocycles. The lowest BCUT2D eigenvalue weighted by atomic mass is 9.76. The van der Waals surface area contributed by atoms with Gasteiger partial charge in [-0.15, -0.1) is 11.8 Å². The fraction of sp³-hybridized carbons (Fsp3) is 0.375. The van der Waals surface area contributed by atoms with Crippen molar-refractivity contribution in [3.63, 3.8) is 0 Å². The molecule has 4 nitrogen and oxygen atoms in total. The van der Waals surface area contributed by atoms with Gasteiger partial charge in [-0.05, 0) is 31.4 Å². The predicted molar refractivity (Wildman–Crippen MR) is 81.2 cm³/mol. The van der Waals surface area contributed by atoms with Gasteiger partial charge in [-0.1, -0.05) is 18.2 Å². The monoisotopic (exact) mass is 300 g/mol. The first-order valence-electron chi connectivity index (χ1n) is 7.21. The standard InChI is InChI=1S/C16H16N2O2S/c19-15-14-12(9-20-16(14)7-4-8-16)17-13(18-15)10-21-11-5-2-1-3-6-11/h1-3,5-6H,4,7-10H2,(H,17,18,19). The van der Waals surface area contributed by atoms with Gasteiger partial charge in [0.15, 0.2) is 0 Å². The molecule has 2 heterocycles. The minimum absolute atomic E-state index is 0.0131. The van der Waals surface area contributed by atoms with E-state index >= 15 is 0 Å². The number of aromatic amines is 1. The van der Waals surface area contributed by atoms with Crippen LogP contribution in [0.3, 0.4) is 0 Å². The minimum Gasteiger partial charge on any atom is -0.364 e. The summed E-state index contributed by atoms with van der Waals surface area (Å²) in [6, 6.07) is 10.1. The molecule has 1 saturated carbocycles. The van der Waals surface area contributed by atoms with E-state index in [1.54, 1.807) is 11.8 Å². The summed E-state index contributed by atoms with van der Waals surface area (Å²) < 4.78 is 5.86. The summed E-state index contributed by atoms with van der Waals surface area (Å²) in [6.45, 7) is 0.474. The number of rotatable bonds is 3. The second kappa shape index (κ2) is 5.00. The number of hydrogen-bond donors (Lipinski definition) is 1. The molecule has 21 heavy (non-hydrogen) atoms. The second-order valence-electron chi connectivity index (χ2n) is 5.57. The number of nitrogens with zero attached hydrogens (tertiary/aromatic N) is 1. The second-order valence-corrected chi connectivity index (χ2v) is 6.62. The third-order valence-electron chi connectivity index (χ3n) is 4.26. The van der Waals surface area contributed by atoms with Crippen molar-refractivity contribution in [2.75, 3.05) is 0 Å². The minimum atomic E-state index is -0.318. The summed E-state index contributed by atoms with van der Waals surface area (Å²) >= 11 is 1.67. The van der Waals surface area contributed by atoms with Crippen LogP contribution in [0.1, 0.15) is 36.3 Å². The molecule has 2 aromatic rings. The number of fused-ring (bicyclic) bond motifs is 2. The first-order chi connectivity index (χ1) is 10.3. The fourth-order valence-corrected chi connectivity index (χ4v) is 3.84. The van der Waals surface area contributed by atoms with Crippen molar-refractivity contribution in [3.8, 4) is 0 Å². The highest BCUT2D eigenvalue weighted by Crippen LogP contribution is 2.48. The highest BCUT2D eigenvalue weighted by Gasteiger charge is 2.48. The molecule has 0 saturated heterocycles. The van der Waals surface area contributed by atoms with E-state index in [4.69, 9.17) is 4.74 Å². The van der Waals surface area contributed by atoms with Gasteiger partial charge in [-0.2, -0.15) is 0 Å². The molecular weight excluding hydrogens is 284 g/mol. The van der Waals surface area contributed by atoms with E-state index in [0.29, 0.717) is 12.4 Å². The highest BCUT2D eigenvalue weighted by molar-refractivity contribution is 7.98. The van der Waals surface area contributed by atoms with Gasteiger partial charge >= 0.3 is 0 Å². The Kier molecular flexibility index (Phi) is 3.12. The average Bonchev–Trinajstić information content (AvgIpc) is 2.86. The Morgan fingerprint density at radius 1 is 1.29 bits per heavy atom. The molecule has 4 rings (SSSR count). The third kappa shape index (κ3) is 2.21. The molecule has 1 fully saturated rings. The van der Waals surface area contributed by atoms with Gasteiger partial charge in [0.25, 0.3) is 5.56 Å². The number of ether oxygens (including phenoxy) is 1. The van der Waals surface area contributed by atoms with Gasteiger partial charge in [-0.3, -0.25) is 4.79 Å². The molecule has 2 aliphatic rings. The van der Waals surface area contributed by atoms with E-state index in [9.17, 15) is 4.79 Å². The van der Waals surface area contributed by atoms with Gasteiger partial charge in [0, 0.05) is 4.90 Å². The first kappa shape index (κ1) is 13.1. The molecule has 0 radical (unpaired) electrons. The van der Waals surface area contributed by atoms with Crippen LogP contribution in [0.15, 0.2) is 40.0 Å². The van der Waals surface area contributed by atoms with Crippen molar-refractivity contribution in [2.24, 2.45) is 0 Å². The Morgan fingerprint density at radius 3 is 2.81 bits per heavy atom. The van der Waals surface area contributed by atoms with Crippen molar-refractivity contribution in [1.29, 1.82) is 0 Å². The van der Waals surface area contributed by atoms with Gasteiger partial charge in [0.1, 0.15) is 11.4 Å². The van der Waals surface area contributed by atoms with E-state index < -0.39 is 0 Å². The van der Waals surface area contributed by atoms with Crippen LogP contribution in [0.2, 0.25) is 0 Å². The molecule has 1 aromatic carbocycles. The summed E-state index contributed by atoms with van der Waals surface area (Å²) in [7, 11) is 0. The number of nitrogens with one attached hydrogen (secondary N) is 1. The first-order valence-corrected chi connectivity index (χ1v) is 8.20. The number of thioether (sulfide) groups is 1. The molecule has 0 atom stereocenters. The normalized spacial score (nSPS) is 18.5. The lowest BCUT2D eigenvalue weighted by Crippen LogP contribution is -2.38. The Bertz CT molecular complexity index is 723. The van der Waals surface area contributed by atoms with E-state index in [1.165, 1.54) is 4.90 Å². The molecular formula is C16H16N2O2S. The quantitative estimate of drug-likeness (QED) is 0.885. The van der Waals surface area contributed by atoms with Crippen LogP contribution in [-0.4, -0.2) is 9.97 Å². The number of hydrogen-bond acceptors (Lipinski definition) is 4. The van der Waals surface area contributed by atoms with E-state index in [2.05, 4.69) is 22.1 Å². The Hall–Kier alpha value is -1.59. The molecule has 0 unspecified atom stereocenters. The summed E-state index contributed by atoms with van der Waals surface area (Å²) in [5.74, 6) is 1.40. The number of H-pyrrole nitrogens is 1. The zero-order valence-electron chi connectivity index (χ0n) is 11.6. The van der Waals surface area contributed by atoms with Crippen LogP contribution in [-0.2, 0) is 22.7 Å². The fourth-order valence-electron chi connectivity index (χ4n) is 3.05. The van der Waals surface area contributed by atoms with Gasteiger partial charge in [0.05, 0.1) is 23.6 Å². The van der Waals surface area contributed by atoms with Crippen molar-refractivity contribution in [1.82, 2.24) is 9.97 Å². The Labute approximate surface area is 127 Å². The van der Waals surface area contributed by atoms with E-state index in [1.807, 2.05) is 18.2 Å². The molecule has 1 aromatic heterocycles. The zero-order chi connectivity index (χ0) is 14.3. The summed E-state index contributed by atoms with van der Waals surface area (Å²) in [4.78, 5) is 21.1. The maximum atomic E-state index is 12.4. The summed E-state index contributed by atoms with van der Waals surface area (Å²) in [5.41, 5.74) is 1.28. The van der Waals surface area contributed by atoms with Crippen molar-refractivity contribution < 1.29 is 4.74 Å². The highest BCUT2D eigenvalue weighted by atomic mass is 32.2. The van der Waals surface area contributed by atoms with Crippen molar-refractivity contribution >= 4 is 11.8 Å². The van der Waals surface area contributed by atoms with Crippen molar-refractivity contribution in [2.45, 2.75) is 42.1 Å². The SMILES string of the molecule is O=c1[nH]c(CSc2ccccc2)nc2c1C1(CCC1)OC2. The van der Waals surface area contributed by atoms with Crippen LogP contribution >= 0.6 is 11.8 Å². The van der Waals surface area contributed by atoms with E-state index in [0.717, 1.165) is 36.3 Å². The predicted octanol–water partition coefficient (Wildman–Crippen LogP) is 2.97. The Morgan fingerprint density at radius 2 is 2.10 bits per heavy atom. The third-order valence-corrected chi connectivity index (χ3v) is 5.29. The molecule has 5 heteroatoms. The molecule has 1 N–H and O–H groups in total. The maximum Gasteiger partial charge on any atom is 0.257 e. The molecule has 0 amide bonds. The average molecular weight is 300 g/mol. The van der Waals surface area contributed by atoms with Crippen LogP contribution in [0.5, 0.6) is 0 Å². The topological polar surface area (TPSA) is 55.0 Å². The number of benzene rings is 1. The lowest BCUT2D eigenvalue weighted by Gasteiger charge is -2.37. The van der Waals surface area contributed by atoms with Gasteiger partial charge in [-0.25, -0.2) is 4.98 Å². The molecule has 108 valence electrons.